The van der Waals surface area contributed by atoms with Crippen molar-refractivity contribution in [3.63, 3.8) is 0 Å². The lowest BCUT2D eigenvalue weighted by atomic mass is 10.1. The monoisotopic (exact) mass is 435 g/mol. The van der Waals surface area contributed by atoms with E-state index in [0.29, 0.717) is 28.9 Å². The number of amides is 1. The third kappa shape index (κ3) is 6.10. The molecule has 2 aromatic heterocycles. The highest BCUT2D eigenvalue weighted by molar-refractivity contribution is 7.15. The molecule has 0 radical (unpaired) electrons. The number of hydrogen-bond donors (Lipinski definition) is 1. The third-order valence-electron chi connectivity index (χ3n) is 4.13. The first kappa shape index (κ1) is 20.5. The van der Waals surface area contributed by atoms with E-state index in [1.807, 2.05) is 6.07 Å². The number of carbonyl (C=O) groups excluding carboxylic acids is 1. The number of anilines is 1. The molecule has 0 unspecified atom stereocenters. The zero-order chi connectivity index (χ0) is 21.5. The predicted octanol–water partition coefficient (Wildman–Crippen LogP) is 5.08. The van der Waals surface area contributed by atoms with Crippen molar-refractivity contribution in [1.29, 1.82) is 0 Å². The van der Waals surface area contributed by atoms with Crippen LogP contribution in [0.25, 0.3) is 0 Å². The maximum atomic E-state index is 13.0. The largest absolute Gasteiger partial charge is 0.484 e. The predicted molar refractivity (Wildman–Crippen MR) is 116 cm³/mol. The van der Waals surface area contributed by atoms with E-state index in [0.717, 1.165) is 10.4 Å². The van der Waals surface area contributed by atoms with Crippen molar-refractivity contribution in [3.8, 4) is 17.4 Å². The van der Waals surface area contributed by atoms with Gasteiger partial charge in [0.1, 0.15) is 17.3 Å². The van der Waals surface area contributed by atoms with Crippen molar-refractivity contribution >= 4 is 22.4 Å². The van der Waals surface area contributed by atoms with Gasteiger partial charge in [-0.25, -0.2) is 14.4 Å². The molecule has 0 saturated carbocycles. The second kappa shape index (κ2) is 9.82. The fourth-order valence-corrected chi connectivity index (χ4v) is 3.57. The van der Waals surface area contributed by atoms with Crippen LogP contribution in [0.1, 0.15) is 10.4 Å². The van der Waals surface area contributed by atoms with Gasteiger partial charge in [0.2, 0.25) is 5.88 Å². The van der Waals surface area contributed by atoms with Crippen LogP contribution >= 0.6 is 11.3 Å². The van der Waals surface area contributed by atoms with Crippen LogP contribution in [-0.4, -0.2) is 22.5 Å². The summed E-state index contributed by atoms with van der Waals surface area (Å²) in [7, 11) is 0. The van der Waals surface area contributed by atoms with Crippen LogP contribution in [-0.2, 0) is 11.2 Å². The van der Waals surface area contributed by atoms with E-state index in [-0.39, 0.29) is 18.3 Å². The van der Waals surface area contributed by atoms with E-state index >= 15 is 0 Å². The van der Waals surface area contributed by atoms with Gasteiger partial charge >= 0.3 is 0 Å². The summed E-state index contributed by atoms with van der Waals surface area (Å²) >= 11 is 1.37. The summed E-state index contributed by atoms with van der Waals surface area (Å²) in [6.45, 7) is -0.167. The zero-order valence-electron chi connectivity index (χ0n) is 16.3. The number of rotatable bonds is 8. The van der Waals surface area contributed by atoms with Gasteiger partial charge in [0.25, 0.3) is 5.91 Å². The summed E-state index contributed by atoms with van der Waals surface area (Å²) in [4.78, 5) is 21.5. The molecular formula is C23H18FN3O3S. The number of nitrogens with one attached hydrogen (secondary N) is 1. The Labute approximate surface area is 182 Å². The van der Waals surface area contributed by atoms with Gasteiger partial charge < -0.3 is 9.47 Å². The minimum Gasteiger partial charge on any atom is -0.484 e. The number of ether oxygens (including phenoxy) is 2. The average molecular weight is 435 g/mol. The Morgan fingerprint density at radius 3 is 2.65 bits per heavy atom. The number of halogens is 1. The van der Waals surface area contributed by atoms with Gasteiger partial charge in [-0.1, -0.05) is 24.3 Å². The summed E-state index contributed by atoms with van der Waals surface area (Å²) in [5, 5.41) is 3.21. The molecule has 6 nitrogen and oxygen atoms in total. The molecule has 0 aliphatic heterocycles. The van der Waals surface area contributed by atoms with Crippen LogP contribution in [0.15, 0.2) is 79.1 Å². The van der Waals surface area contributed by atoms with Crippen LogP contribution in [0.4, 0.5) is 9.52 Å². The molecule has 0 spiro atoms. The van der Waals surface area contributed by atoms with Crippen LogP contribution in [0, 0.1) is 5.82 Å². The molecule has 0 saturated heterocycles. The molecule has 156 valence electrons. The van der Waals surface area contributed by atoms with E-state index in [9.17, 15) is 9.18 Å². The van der Waals surface area contributed by atoms with Crippen LogP contribution < -0.4 is 14.8 Å². The molecule has 0 aliphatic rings. The second-order valence-corrected chi connectivity index (χ2v) is 7.63. The average Bonchev–Trinajstić information content (AvgIpc) is 3.21. The molecule has 1 amide bonds. The lowest BCUT2D eigenvalue weighted by molar-refractivity contribution is -0.118. The minimum atomic E-state index is -0.321. The number of nitrogens with zero attached hydrogens (tertiary/aromatic N) is 2. The van der Waals surface area contributed by atoms with Gasteiger partial charge in [-0.2, -0.15) is 0 Å². The Hall–Kier alpha value is -3.78. The van der Waals surface area contributed by atoms with E-state index in [4.69, 9.17) is 9.47 Å². The van der Waals surface area contributed by atoms with Gasteiger partial charge in [0, 0.05) is 35.8 Å². The van der Waals surface area contributed by atoms with Gasteiger partial charge in [0.05, 0.1) is 0 Å². The molecule has 8 heteroatoms. The summed E-state index contributed by atoms with van der Waals surface area (Å²) in [5.74, 6) is 0.938. The number of aromatic nitrogens is 2. The molecule has 31 heavy (non-hydrogen) atoms. The number of thiazole rings is 1. The zero-order valence-corrected chi connectivity index (χ0v) is 17.1. The molecule has 2 heterocycles. The molecule has 0 fully saturated rings. The highest BCUT2D eigenvalue weighted by atomic mass is 32.1. The van der Waals surface area contributed by atoms with Crippen molar-refractivity contribution in [1.82, 2.24) is 9.97 Å². The van der Waals surface area contributed by atoms with Gasteiger partial charge in [-0.05, 0) is 35.9 Å². The smallest absolute Gasteiger partial charge is 0.264 e. The number of carbonyl (C=O) groups is 1. The Bertz CT molecular complexity index is 1150. The van der Waals surface area contributed by atoms with E-state index < -0.39 is 0 Å². The first-order valence-electron chi connectivity index (χ1n) is 9.45. The van der Waals surface area contributed by atoms with Gasteiger partial charge in [-0.3, -0.25) is 10.1 Å². The van der Waals surface area contributed by atoms with Gasteiger partial charge in [0.15, 0.2) is 11.7 Å². The molecule has 0 aliphatic carbocycles. The maximum absolute atomic E-state index is 13.0. The fraction of sp³-hybridized carbons (Fsp3) is 0.0870. The molecular weight excluding hydrogens is 417 g/mol. The lowest BCUT2D eigenvalue weighted by Gasteiger charge is -2.08. The Kier molecular flexibility index (Phi) is 6.49. The number of hydrogen-bond acceptors (Lipinski definition) is 6. The van der Waals surface area contributed by atoms with Crippen molar-refractivity contribution in [2.24, 2.45) is 0 Å². The van der Waals surface area contributed by atoms with Crippen molar-refractivity contribution in [2.75, 3.05) is 11.9 Å². The third-order valence-corrected chi connectivity index (χ3v) is 5.04. The number of pyridine rings is 1. The van der Waals surface area contributed by atoms with Crippen LogP contribution in [0.3, 0.4) is 0 Å². The first-order valence-corrected chi connectivity index (χ1v) is 10.3. The Morgan fingerprint density at radius 1 is 1.00 bits per heavy atom. The summed E-state index contributed by atoms with van der Waals surface area (Å²) in [5.41, 5.74) is 0.971. The molecule has 0 bridgehead atoms. The second-order valence-electron chi connectivity index (χ2n) is 6.52. The van der Waals surface area contributed by atoms with Crippen molar-refractivity contribution in [3.05, 3.63) is 95.4 Å². The standard InChI is InChI=1S/C23H18FN3O3S/c24-17-9-7-16(8-10-17)12-20-14-26-23(31-20)27-21(28)15-29-18-4-3-5-19(13-18)30-22-6-1-2-11-25-22/h1-11,13-14H,12,15H2,(H,26,27,28). The topological polar surface area (TPSA) is 73.3 Å². The van der Waals surface area contributed by atoms with Crippen LogP contribution in [0.2, 0.25) is 0 Å². The minimum absolute atomic E-state index is 0.167. The van der Waals surface area contributed by atoms with Crippen molar-refractivity contribution < 1.29 is 18.7 Å². The van der Waals surface area contributed by atoms with Crippen molar-refractivity contribution in [2.45, 2.75) is 6.42 Å². The maximum Gasteiger partial charge on any atom is 0.264 e. The van der Waals surface area contributed by atoms with E-state index in [1.165, 1.54) is 23.5 Å². The molecule has 1 N–H and O–H groups in total. The summed E-state index contributed by atoms with van der Waals surface area (Å²) in [6.07, 6.45) is 3.96. The summed E-state index contributed by atoms with van der Waals surface area (Å²) < 4.78 is 24.2. The molecule has 0 atom stereocenters. The van der Waals surface area contributed by atoms with E-state index in [2.05, 4.69) is 15.3 Å². The summed E-state index contributed by atoms with van der Waals surface area (Å²) in [6, 6.07) is 18.7. The molecule has 4 rings (SSSR count). The Morgan fingerprint density at radius 2 is 1.84 bits per heavy atom. The quantitative estimate of drug-likeness (QED) is 0.418. The lowest BCUT2D eigenvalue weighted by Crippen LogP contribution is -2.19. The van der Waals surface area contributed by atoms with Gasteiger partial charge in [-0.15, -0.1) is 11.3 Å². The highest BCUT2D eigenvalue weighted by Crippen LogP contribution is 2.24. The fourth-order valence-electron chi connectivity index (χ4n) is 2.71. The number of benzene rings is 2. The first-order chi connectivity index (χ1) is 15.1. The Balaban J connectivity index is 1.28. The normalized spacial score (nSPS) is 10.5. The molecule has 2 aromatic carbocycles. The molecule has 4 aromatic rings. The SMILES string of the molecule is O=C(COc1cccc(Oc2ccccn2)c1)Nc1ncc(Cc2ccc(F)cc2)s1. The van der Waals surface area contributed by atoms with E-state index in [1.54, 1.807) is 60.9 Å². The van der Waals surface area contributed by atoms with Crippen LogP contribution in [0.5, 0.6) is 17.4 Å². The highest BCUT2D eigenvalue weighted by Gasteiger charge is 2.09.